The van der Waals surface area contributed by atoms with E-state index in [-0.39, 0.29) is 0 Å². The summed E-state index contributed by atoms with van der Waals surface area (Å²) in [5.41, 5.74) is 1.87. The molecule has 2 aromatic carbocycles. The molecule has 0 bridgehead atoms. The Morgan fingerprint density at radius 1 is 1.07 bits per heavy atom. The number of imide groups is 1. The first-order chi connectivity index (χ1) is 13.1. The number of urea groups is 1. The highest BCUT2D eigenvalue weighted by Crippen LogP contribution is 2.22. The predicted octanol–water partition coefficient (Wildman–Crippen LogP) is 2.98. The van der Waals surface area contributed by atoms with Crippen molar-refractivity contribution in [3.8, 4) is 11.4 Å². The number of hydrogen-bond acceptors (Lipinski definition) is 5. The normalized spacial score (nSPS) is 11.6. The van der Waals surface area contributed by atoms with Crippen molar-refractivity contribution >= 4 is 23.7 Å². The zero-order valence-corrected chi connectivity index (χ0v) is 15.5. The lowest BCUT2D eigenvalue weighted by Crippen LogP contribution is -2.42. The molecule has 0 aliphatic heterocycles. The average Bonchev–Trinajstić information content (AvgIpc) is 3.16. The maximum absolute atomic E-state index is 12.2. The predicted molar refractivity (Wildman–Crippen MR) is 104 cm³/mol. The number of nitrogens with zero attached hydrogens (tertiary/aromatic N) is 2. The van der Waals surface area contributed by atoms with Crippen LogP contribution in [0.15, 0.2) is 65.8 Å². The van der Waals surface area contributed by atoms with Crippen LogP contribution < -0.4 is 10.6 Å². The van der Waals surface area contributed by atoms with Crippen LogP contribution in [0.4, 0.5) is 4.79 Å². The van der Waals surface area contributed by atoms with E-state index >= 15 is 0 Å². The van der Waals surface area contributed by atoms with Gasteiger partial charge in [0.1, 0.15) is 0 Å². The molecule has 138 valence electrons. The van der Waals surface area contributed by atoms with Gasteiger partial charge in [-0.15, -0.1) is 5.10 Å². The SMILES string of the molecule is C[C@H](Sc1n[nH]c(-c2ccccc2)n1)C(=O)NC(=O)NCc1ccccc1. The Labute approximate surface area is 161 Å². The Balaban J connectivity index is 1.49. The van der Waals surface area contributed by atoms with Gasteiger partial charge in [0.05, 0.1) is 5.25 Å². The average molecular weight is 381 g/mol. The number of benzene rings is 2. The maximum atomic E-state index is 12.2. The third kappa shape index (κ3) is 5.42. The molecule has 1 heterocycles. The molecule has 3 rings (SSSR count). The third-order valence-corrected chi connectivity index (χ3v) is 4.66. The highest BCUT2D eigenvalue weighted by molar-refractivity contribution is 8.00. The molecule has 0 fully saturated rings. The fraction of sp³-hybridized carbons (Fsp3) is 0.158. The Morgan fingerprint density at radius 2 is 1.74 bits per heavy atom. The van der Waals surface area contributed by atoms with Crippen molar-refractivity contribution < 1.29 is 9.59 Å². The molecule has 27 heavy (non-hydrogen) atoms. The van der Waals surface area contributed by atoms with Gasteiger partial charge in [-0.2, -0.15) is 0 Å². The summed E-state index contributed by atoms with van der Waals surface area (Å²) in [4.78, 5) is 28.4. The molecule has 1 atom stereocenters. The molecule has 8 heteroatoms. The second kappa shape index (κ2) is 9.00. The Bertz CT molecular complexity index is 899. The van der Waals surface area contributed by atoms with Gasteiger partial charge >= 0.3 is 6.03 Å². The van der Waals surface area contributed by atoms with Gasteiger partial charge in [-0.3, -0.25) is 15.2 Å². The van der Waals surface area contributed by atoms with Crippen molar-refractivity contribution in [3.05, 3.63) is 66.2 Å². The standard InChI is InChI=1S/C19H19N5O2S/c1-13(17(25)22-18(26)20-12-14-8-4-2-5-9-14)27-19-21-16(23-24-19)15-10-6-3-7-11-15/h2-11,13H,12H2,1H3,(H,21,23,24)(H2,20,22,25,26)/t13-/m0/s1. The molecule has 0 aliphatic rings. The summed E-state index contributed by atoms with van der Waals surface area (Å²) in [6, 6.07) is 18.5. The van der Waals surface area contributed by atoms with E-state index in [4.69, 9.17) is 0 Å². The second-order valence-corrected chi connectivity index (χ2v) is 7.06. The summed E-state index contributed by atoms with van der Waals surface area (Å²) in [6.07, 6.45) is 0. The zero-order valence-electron chi connectivity index (χ0n) is 14.7. The molecule has 1 aromatic heterocycles. The van der Waals surface area contributed by atoms with Crippen molar-refractivity contribution in [2.45, 2.75) is 23.9 Å². The molecule has 0 saturated carbocycles. The molecule has 0 unspecified atom stereocenters. The van der Waals surface area contributed by atoms with Crippen molar-refractivity contribution in [1.29, 1.82) is 0 Å². The first-order valence-corrected chi connectivity index (χ1v) is 9.27. The van der Waals surface area contributed by atoms with Crippen LogP contribution in [0.3, 0.4) is 0 Å². The van der Waals surface area contributed by atoms with E-state index in [1.54, 1.807) is 6.92 Å². The van der Waals surface area contributed by atoms with Crippen LogP contribution in [0, 0.1) is 0 Å². The highest BCUT2D eigenvalue weighted by atomic mass is 32.2. The first kappa shape index (κ1) is 18.7. The highest BCUT2D eigenvalue weighted by Gasteiger charge is 2.19. The summed E-state index contributed by atoms with van der Waals surface area (Å²) >= 11 is 1.18. The minimum atomic E-state index is -0.531. The van der Waals surface area contributed by atoms with Crippen LogP contribution in [-0.2, 0) is 11.3 Å². The lowest BCUT2D eigenvalue weighted by Gasteiger charge is -2.10. The summed E-state index contributed by atoms with van der Waals surface area (Å²) in [5.74, 6) is 0.225. The zero-order chi connectivity index (χ0) is 19.1. The fourth-order valence-corrected chi connectivity index (χ4v) is 3.00. The lowest BCUT2D eigenvalue weighted by atomic mass is 10.2. The molecule has 0 spiro atoms. The van der Waals surface area contributed by atoms with Gasteiger partial charge in [0.25, 0.3) is 0 Å². The van der Waals surface area contributed by atoms with E-state index in [9.17, 15) is 9.59 Å². The van der Waals surface area contributed by atoms with E-state index < -0.39 is 17.2 Å². The number of amides is 3. The van der Waals surface area contributed by atoms with E-state index in [0.717, 1.165) is 11.1 Å². The summed E-state index contributed by atoms with van der Waals surface area (Å²) in [6.45, 7) is 2.05. The maximum Gasteiger partial charge on any atom is 0.321 e. The van der Waals surface area contributed by atoms with E-state index in [1.807, 2.05) is 60.7 Å². The number of H-pyrrole nitrogens is 1. The van der Waals surface area contributed by atoms with Crippen LogP contribution in [-0.4, -0.2) is 32.4 Å². The molecule has 3 N–H and O–H groups in total. The molecule has 3 amide bonds. The van der Waals surface area contributed by atoms with Gasteiger partial charge in [-0.1, -0.05) is 72.4 Å². The van der Waals surface area contributed by atoms with Crippen LogP contribution in [0.5, 0.6) is 0 Å². The summed E-state index contributed by atoms with van der Waals surface area (Å²) < 4.78 is 0. The molecule has 3 aromatic rings. The number of thioether (sulfide) groups is 1. The fourth-order valence-electron chi connectivity index (χ4n) is 2.27. The van der Waals surface area contributed by atoms with Gasteiger partial charge in [0.15, 0.2) is 5.82 Å². The summed E-state index contributed by atoms with van der Waals surface area (Å²) in [7, 11) is 0. The molecule has 0 radical (unpaired) electrons. The van der Waals surface area contributed by atoms with Gasteiger partial charge in [-0.25, -0.2) is 9.78 Å². The Morgan fingerprint density at radius 3 is 2.44 bits per heavy atom. The number of aromatic nitrogens is 3. The van der Waals surface area contributed by atoms with Crippen LogP contribution >= 0.6 is 11.8 Å². The van der Waals surface area contributed by atoms with Crippen LogP contribution in [0.1, 0.15) is 12.5 Å². The number of rotatable bonds is 6. The monoisotopic (exact) mass is 381 g/mol. The molecule has 7 nitrogen and oxygen atoms in total. The number of aromatic amines is 1. The van der Waals surface area contributed by atoms with E-state index in [2.05, 4.69) is 25.8 Å². The second-order valence-electron chi connectivity index (χ2n) is 5.75. The summed E-state index contributed by atoms with van der Waals surface area (Å²) in [5, 5.41) is 11.9. The van der Waals surface area contributed by atoms with Crippen molar-refractivity contribution in [2.75, 3.05) is 0 Å². The van der Waals surface area contributed by atoms with Gasteiger partial charge < -0.3 is 5.32 Å². The first-order valence-electron chi connectivity index (χ1n) is 8.39. The van der Waals surface area contributed by atoms with Gasteiger partial charge in [0, 0.05) is 12.1 Å². The van der Waals surface area contributed by atoms with Crippen molar-refractivity contribution in [3.63, 3.8) is 0 Å². The minimum Gasteiger partial charge on any atom is -0.334 e. The number of carbonyl (C=O) groups is 2. The van der Waals surface area contributed by atoms with Crippen molar-refractivity contribution in [1.82, 2.24) is 25.8 Å². The lowest BCUT2D eigenvalue weighted by molar-refractivity contribution is -0.119. The number of carbonyl (C=O) groups excluding carboxylic acids is 2. The molecule has 0 aliphatic carbocycles. The number of hydrogen-bond donors (Lipinski definition) is 3. The minimum absolute atomic E-state index is 0.350. The van der Waals surface area contributed by atoms with Crippen LogP contribution in [0.2, 0.25) is 0 Å². The van der Waals surface area contributed by atoms with Crippen molar-refractivity contribution in [2.24, 2.45) is 0 Å². The molecular weight excluding hydrogens is 362 g/mol. The molecule has 0 saturated heterocycles. The van der Waals surface area contributed by atoms with Gasteiger partial charge in [0.2, 0.25) is 11.1 Å². The quantitative estimate of drug-likeness (QED) is 0.570. The molecular formula is C19H19N5O2S. The van der Waals surface area contributed by atoms with Gasteiger partial charge in [-0.05, 0) is 12.5 Å². The topological polar surface area (TPSA) is 99.8 Å². The Kier molecular flexibility index (Phi) is 6.22. The third-order valence-electron chi connectivity index (χ3n) is 3.70. The van der Waals surface area contributed by atoms with E-state index in [0.29, 0.717) is 17.5 Å². The number of nitrogens with one attached hydrogen (secondary N) is 3. The van der Waals surface area contributed by atoms with Crippen LogP contribution in [0.25, 0.3) is 11.4 Å². The smallest absolute Gasteiger partial charge is 0.321 e. The largest absolute Gasteiger partial charge is 0.334 e. The van der Waals surface area contributed by atoms with E-state index in [1.165, 1.54) is 11.8 Å². The Hall–Kier alpha value is -3.13.